The van der Waals surface area contributed by atoms with Crippen LogP contribution in [-0.2, 0) is 4.74 Å². The molecule has 106 valence electrons. The van der Waals surface area contributed by atoms with Crippen LogP contribution in [0.4, 0.5) is 0 Å². The van der Waals surface area contributed by atoms with Crippen LogP contribution in [0.1, 0.15) is 30.0 Å². The molecular formula is C11H17N3O5. The zero-order valence-electron chi connectivity index (χ0n) is 10.5. The fourth-order valence-corrected chi connectivity index (χ4v) is 2.27. The minimum Gasteiger partial charge on any atom is -0.460 e. The van der Waals surface area contributed by atoms with Crippen molar-refractivity contribution in [3.8, 4) is 0 Å². The van der Waals surface area contributed by atoms with Crippen molar-refractivity contribution >= 4 is 5.97 Å². The van der Waals surface area contributed by atoms with Crippen LogP contribution in [-0.4, -0.2) is 61.5 Å². The third kappa shape index (κ3) is 2.60. The van der Waals surface area contributed by atoms with Crippen molar-refractivity contribution < 1.29 is 24.9 Å². The number of esters is 1. The molecule has 8 nitrogen and oxygen atoms in total. The van der Waals surface area contributed by atoms with E-state index in [1.54, 1.807) is 6.92 Å². The monoisotopic (exact) mass is 271 g/mol. The number of carbonyl (C=O) groups is 1. The number of carbonyl (C=O) groups excluding carboxylic acids is 1. The summed E-state index contributed by atoms with van der Waals surface area (Å²) in [7, 11) is 0. The second kappa shape index (κ2) is 5.64. The van der Waals surface area contributed by atoms with Crippen molar-refractivity contribution in [2.75, 3.05) is 13.2 Å². The van der Waals surface area contributed by atoms with Crippen molar-refractivity contribution in [2.24, 2.45) is 5.92 Å². The average Bonchev–Trinajstić information content (AvgIpc) is 2.97. The first-order valence-corrected chi connectivity index (χ1v) is 6.13. The molecule has 8 heteroatoms. The average molecular weight is 271 g/mol. The molecule has 0 saturated heterocycles. The minimum atomic E-state index is -1.05. The van der Waals surface area contributed by atoms with Gasteiger partial charge in [-0.15, -0.1) is 5.10 Å². The molecular weight excluding hydrogens is 254 g/mol. The molecule has 0 spiro atoms. The van der Waals surface area contributed by atoms with Gasteiger partial charge in [0.05, 0.1) is 18.8 Å². The topological polar surface area (TPSA) is 118 Å². The van der Waals surface area contributed by atoms with Crippen LogP contribution < -0.4 is 0 Å². The molecule has 1 aliphatic carbocycles. The Labute approximate surface area is 109 Å². The van der Waals surface area contributed by atoms with Gasteiger partial charge in [0.25, 0.3) is 5.82 Å². The van der Waals surface area contributed by atoms with Crippen LogP contribution in [0.15, 0.2) is 6.33 Å². The van der Waals surface area contributed by atoms with Gasteiger partial charge in [0.2, 0.25) is 0 Å². The molecule has 2 rings (SSSR count). The number of aliphatic hydroxyl groups is 3. The van der Waals surface area contributed by atoms with E-state index in [0.717, 1.165) is 0 Å². The lowest BCUT2D eigenvalue weighted by Gasteiger charge is -2.16. The molecule has 3 N–H and O–H groups in total. The fourth-order valence-electron chi connectivity index (χ4n) is 2.27. The molecule has 1 aromatic rings. The fraction of sp³-hybridized carbons (Fsp3) is 0.727. The van der Waals surface area contributed by atoms with E-state index in [1.807, 2.05) is 0 Å². The van der Waals surface area contributed by atoms with Gasteiger partial charge >= 0.3 is 5.97 Å². The highest BCUT2D eigenvalue weighted by atomic mass is 16.5. The third-order valence-corrected chi connectivity index (χ3v) is 3.31. The Morgan fingerprint density at radius 2 is 2.26 bits per heavy atom. The zero-order valence-corrected chi connectivity index (χ0v) is 10.5. The molecule has 1 saturated carbocycles. The van der Waals surface area contributed by atoms with Crippen molar-refractivity contribution in [3.63, 3.8) is 0 Å². The Kier molecular flexibility index (Phi) is 4.13. The molecule has 1 heterocycles. The van der Waals surface area contributed by atoms with Crippen molar-refractivity contribution in [1.82, 2.24) is 14.8 Å². The number of aliphatic hydroxyl groups excluding tert-OH is 3. The summed E-state index contributed by atoms with van der Waals surface area (Å²) in [5, 5.41) is 32.7. The number of rotatable bonds is 4. The molecule has 1 fully saturated rings. The smallest absolute Gasteiger partial charge is 0.378 e. The molecule has 0 amide bonds. The van der Waals surface area contributed by atoms with E-state index in [9.17, 15) is 15.0 Å². The van der Waals surface area contributed by atoms with Crippen molar-refractivity contribution in [1.29, 1.82) is 0 Å². The lowest BCUT2D eigenvalue weighted by Crippen LogP contribution is -2.30. The van der Waals surface area contributed by atoms with Crippen LogP contribution in [0, 0.1) is 5.92 Å². The first kappa shape index (κ1) is 13.9. The molecule has 0 radical (unpaired) electrons. The van der Waals surface area contributed by atoms with E-state index in [1.165, 1.54) is 11.0 Å². The summed E-state index contributed by atoms with van der Waals surface area (Å²) in [4.78, 5) is 15.2. The van der Waals surface area contributed by atoms with Crippen LogP contribution >= 0.6 is 0 Å². The molecule has 0 aliphatic heterocycles. The normalized spacial score (nSPS) is 30.5. The molecule has 1 aromatic heterocycles. The SMILES string of the molecule is CCOC(=O)c1ncn([C@@H]2C[C@H](CO)[C@@H](O)[C@H]2O)n1. The summed E-state index contributed by atoms with van der Waals surface area (Å²) in [6, 6.07) is -0.511. The summed E-state index contributed by atoms with van der Waals surface area (Å²) >= 11 is 0. The number of nitrogens with zero attached hydrogens (tertiary/aromatic N) is 3. The maximum absolute atomic E-state index is 11.4. The van der Waals surface area contributed by atoms with Crippen molar-refractivity contribution in [2.45, 2.75) is 31.6 Å². The van der Waals surface area contributed by atoms with Gasteiger partial charge in [0.1, 0.15) is 12.4 Å². The minimum absolute atomic E-state index is 0.0870. The van der Waals surface area contributed by atoms with Gasteiger partial charge in [-0.1, -0.05) is 0 Å². The van der Waals surface area contributed by atoms with E-state index >= 15 is 0 Å². The largest absolute Gasteiger partial charge is 0.460 e. The Bertz CT molecular complexity index is 449. The second-order valence-corrected chi connectivity index (χ2v) is 4.50. The summed E-state index contributed by atoms with van der Waals surface area (Å²) in [5.74, 6) is -1.13. The van der Waals surface area contributed by atoms with E-state index < -0.39 is 30.1 Å². The lowest BCUT2D eigenvalue weighted by molar-refractivity contribution is -0.00545. The first-order chi connectivity index (χ1) is 9.08. The first-order valence-electron chi connectivity index (χ1n) is 6.13. The predicted molar refractivity (Wildman–Crippen MR) is 62.2 cm³/mol. The van der Waals surface area contributed by atoms with Gasteiger partial charge in [0, 0.05) is 12.5 Å². The van der Waals surface area contributed by atoms with Crippen LogP contribution in [0.3, 0.4) is 0 Å². The van der Waals surface area contributed by atoms with Gasteiger partial charge in [-0.2, -0.15) is 0 Å². The van der Waals surface area contributed by atoms with E-state index in [-0.39, 0.29) is 19.0 Å². The molecule has 1 aliphatic rings. The third-order valence-electron chi connectivity index (χ3n) is 3.31. The maximum atomic E-state index is 11.4. The number of aromatic nitrogens is 3. The Morgan fingerprint density at radius 3 is 2.84 bits per heavy atom. The highest BCUT2D eigenvalue weighted by Gasteiger charge is 2.42. The molecule has 4 atom stereocenters. The van der Waals surface area contributed by atoms with Gasteiger partial charge in [0.15, 0.2) is 0 Å². The molecule has 0 aromatic carbocycles. The quantitative estimate of drug-likeness (QED) is 0.584. The highest BCUT2D eigenvalue weighted by Crippen LogP contribution is 2.34. The van der Waals surface area contributed by atoms with E-state index in [0.29, 0.717) is 6.42 Å². The Hall–Kier alpha value is -1.51. The number of ether oxygens (including phenoxy) is 1. The number of hydrogen-bond acceptors (Lipinski definition) is 7. The Balaban J connectivity index is 2.13. The summed E-state index contributed by atoms with van der Waals surface area (Å²) < 4.78 is 6.09. The standard InChI is InChI=1S/C11H17N3O5/c1-2-19-11(18)10-12-5-14(13-10)7-3-6(4-15)8(16)9(7)17/h5-9,15-17H,2-4H2,1H3/t6-,7-,8-,9+/m1/s1. The van der Waals surface area contributed by atoms with Crippen molar-refractivity contribution in [3.05, 3.63) is 12.2 Å². The second-order valence-electron chi connectivity index (χ2n) is 4.50. The zero-order chi connectivity index (χ0) is 14.0. The van der Waals surface area contributed by atoms with Crippen LogP contribution in [0.2, 0.25) is 0 Å². The number of hydrogen-bond donors (Lipinski definition) is 3. The molecule has 0 bridgehead atoms. The van der Waals surface area contributed by atoms with Crippen LogP contribution in [0.5, 0.6) is 0 Å². The van der Waals surface area contributed by atoms with E-state index in [2.05, 4.69) is 10.1 Å². The maximum Gasteiger partial charge on any atom is 0.378 e. The van der Waals surface area contributed by atoms with Gasteiger partial charge in [-0.25, -0.2) is 14.5 Å². The Morgan fingerprint density at radius 1 is 1.53 bits per heavy atom. The van der Waals surface area contributed by atoms with E-state index in [4.69, 9.17) is 9.84 Å². The molecule has 19 heavy (non-hydrogen) atoms. The summed E-state index contributed by atoms with van der Waals surface area (Å²) in [5.41, 5.74) is 0. The highest BCUT2D eigenvalue weighted by molar-refractivity contribution is 5.84. The van der Waals surface area contributed by atoms with Gasteiger partial charge in [-0.3, -0.25) is 0 Å². The van der Waals surface area contributed by atoms with Gasteiger partial charge in [-0.05, 0) is 13.3 Å². The lowest BCUT2D eigenvalue weighted by atomic mass is 10.1. The summed E-state index contributed by atoms with van der Waals surface area (Å²) in [6.45, 7) is 1.69. The predicted octanol–water partition coefficient (Wildman–Crippen LogP) is -1.27. The summed E-state index contributed by atoms with van der Waals surface area (Å²) in [6.07, 6.45) is -0.379. The molecule has 0 unspecified atom stereocenters. The van der Waals surface area contributed by atoms with Gasteiger partial charge < -0.3 is 20.1 Å². The van der Waals surface area contributed by atoms with Crippen LogP contribution in [0.25, 0.3) is 0 Å².